The molecule has 0 unspecified atom stereocenters. The highest BCUT2D eigenvalue weighted by Gasteiger charge is 2.30. The molecule has 4 rings (SSSR count). The summed E-state index contributed by atoms with van der Waals surface area (Å²) in [5.74, 6) is 0.429. The van der Waals surface area contributed by atoms with Crippen molar-refractivity contribution in [2.45, 2.75) is 6.54 Å². The number of nitrogens with zero attached hydrogens (tertiary/aromatic N) is 3. The molecule has 5 nitrogen and oxygen atoms in total. The van der Waals surface area contributed by atoms with E-state index in [2.05, 4.69) is 9.97 Å². The van der Waals surface area contributed by atoms with Crippen molar-refractivity contribution in [1.82, 2.24) is 14.9 Å². The molecule has 3 aromatic rings. The molecule has 1 aliphatic rings. The van der Waals surface area contributed by atoms with Crippen LogP contribution in [0.1, 0.15) is 10.7 Å². The number of nitrogens with one attached hydrogen (secondary N) is 1. The molecular formula is C19H15ClN4OS. The lowest BCUT2D eigenvalue weighted by molar-refractivity contribution is 0.345. The molecule has 3 heterocycles. The summed E-state index contributed by atoms with van der Waals surface area (Å²) in [7, 11) is 0. The number of aliphatic hydroxyl groups excluding tert-OH is 1. The quantitative estimate of drug-likeness (QED) is 0.690. The van der Waals surface area contributed by atoms with Gasteiger partial charge in [0.15, 0.2) is 0 Å². The molecule has 1 aromatic carbocycles. The van der Waals surface area contributed by atoms with Gasteiger partial charge in [-0.25, -0.2) is 4.98 Å². The van der Waals surface area contributed by atoms with Gasteiger partial charge in [-0.15, -0.1) is 11.3 Å². The molecule has 26 heavy (non-hydrogen) atoms. The molecular weight excluding hydrogens is 368 g/mol. The lowest BCUT2D eigenvalue weighted by atomic mass is 10.2. The first kappa shape index (κ1) is 16.8. The SMILES string of the molecule is N=C1C(c2nc(-c3cccc(Cl)c3)cs2)=C(O)CN1Cc1ccccn1. The number of aromatic nitrogens is 2. The molecule has 0 aliphatic carbocycles. The summed E-state index contributed by atoms with van der Waals surface area (Å²) in [4.78, 5) is 10.7. The Morgan fingerprint density at radius 3 is 2.88 bits per heavy atom. The minimum atomic E-state index is 0.165. The van der Waals surface area contributed by atoms with E-state index >= 15 is 0 Å². The van der Waals surface area contributed by atoms with Crippen LogP contribution in [0, 0.1) is 5.41 Å². The van der Waals surface area contributed by atoms with Crippen molar-refractivity contribution in [2.24, 2.45) is 0 Å². The van der Waals surface area contributed by atoms with E-state index in [1.807, 2.05) is 47.8 Å². The Labute approximate surface area is 159 Å². The number of hydrogen-bond acceptors (Lipinski definition) is 5. The highest BCUT2D eigenvalue weighted by molar-refractivity contribution is 7.11. The van der Waals surface area contributed by atoms with Crippen LogP contribution in [0.4, 0.5) is 0 Å². The van der Waals surface area contributed by atoms with Gasteiger partial charge in [-0.3, -0.25) is 10.4 Å². The summed E-state index contributed by atoms with van der Waals surface area (Å²) in [6, 6.07) is 13.1. The first-order chi connectivity index (χ1) is 12.6. The maximum Gasteiger partial charge on any atom is 0.135 e. The summed E-state index contributed by atoms with van der Waals surface area (Å²) in [6.45, 7) is 0.760. The fourth-order valence-corrected chi connectivity index (χ4v) is 3.94. The Hall–Kier alpha value is -2.70. The van der Waals surface area contributed by atoms with Crippen LogP contribution in [0.2, 0.25) is 5.02 Å². The molecule has 0 saturated carbocycles. The smallest absolute Gasteiger partial charge is 0.135 e. The van der Waals surface area contributed by atoms with Gasteiger partial charge in [0.05, 0.1) is 30.1 Å². The minimum absolute atomic E-state index is 0.165. The Morgan fingerprint density at radius 2 is 2.12 bits per heavy atom. The lowest BCUT2D eigenvalue weighted by Gasteiger charge is -2.17. The summed E-state index contributed by atoms with van der Waals surface area (Å²) < 4.78 is 0. The van der Waals surface area contributed by atoms with Gasteiger partial charge in [-0.2, -0.15) is 0 Å². The van der Waals surface area contributed by atoms with Gasteiger partial charge < -0.3 is 10.0 Å². The first-order valence-electron chi connectivity index (χ1n) is 7.99. The highest BCUT2D eigenvalue weighted by atomic mass is 35.5. The maximum atomic E-state index is 10.4. The second kappa shape index (κ2) is 6.90. The van der Waals surface area contributed by atoms with Crippen LogP contribution in [0.25, 0.3) is 16.8 Å². The summed E-state index contributed by atoms with van der Waals surface area (Å²) in [5.41, 5.74) is 3.03. The molecule has 0 saturated heterocycles. The molecule has 2 aromatic heterocycles. The third kappa shape index (κ3) is 3.21. The van der Waals surface area contributed by atoms with E-state index in [4.69, 9.17) is 17.0 Å². The topological polar surface area (TPSA) is 73.1 Å². The monoisotopic (exact) mass is 382 g/mol. The predicted molar refractivity (Wildman–Crippen MR) is 104 cm³/mol. The van der Waals surface area contributed by atoms with Crippen LogP contribution < -0.4 is 0 Å². The van der Waals surface area contributed by atoms with Crippen molar-refractivity contribution in [1.29, 1.82) is 5.41 Å². The fraction of sp³-hybridized carbons (Fsp3) is 0.105. The van der Waals surface area contributed by atoms with Crippen molar-refractivity contribution in [2.75, 3.05) is 6.54 Å². The van der Waals surface area contributed by atoms with E-state index in [1.54, 1.807) is 11.1 Å². The van der Waals surface area contributed by atoms with Crippen LogP contribution in [-0.2, 0) is 6.54 Å². The van der Waals surface area contributed by atoms with E-state index in [1.165, 1.54) is 11.3 Å². The second-order valence-electron chi connectivity index (χ2n) is 5.90. The number of aliphatic hydroxyl groups is 1. The first-order valence-corrected chi connectivity index (χ1v) is 9.25. The third-order valence-electron chi connectivity index (χ3n) is 4.10. The molecule has 1 aliphatic heterocycles. The van der Waals surface area contributed by atoms with Gasteiger partial charge in [-0.1, -0.05) is 29.8 Å². The zero-order valence-electron chi connectivity index (χ0n) is 13.7. The van der Waals surface area contributed by atoms with Crippen molar-refractivity contribution in [3.8, 4) is 11.3 Å². The molecule has 0 spiro atoms. The molecule has 0 bridgehead atoms. The van der Waals surface area contributed by atoms with E-state index in [9.17, 15) is 5.11 Å². The van der Waals surface area contributed by atoms with Crippen molar-refractivity contribution < 1.29 is 5.11 Å². The molecule has 2 N–H and O–H groups in total. The van der Waals surface area contributed by atoms with Crippen LogP contribution in [-0.4, -0.2) is 32.4 Å². The van der Waals surface area contributed by atoms with Gasteiger partial charge in [0.1, 0.15) is 16.6 Å². The van der Waals surface area contributed by atoms with E-state index in [-0.39, 0.29) is 18.1 Å². The Morgan fingerprint density at radius 1 is 1.23 bits per heavy atom. The Balaban J connectivity index is 1.58. The minimum Gasteiger partial charge on any atom is -0.510 e. The predicted octanol–water partition coefficient (Wildman–Crippen LogP) is 4.62. The third-order valence-corrected chi connectivity index (χ3v) is 5.19. The number of amidine groups is 1. The number of halogens is 1. The second-order valence-corrected chi connectivity index (χ2v) is 7.19. The normalized spacial score (nSPS) is 14.3. The van der Waals surface area contributed by atoms with Gasteiger partial charge in [-0.05, 0) is 24.3 Å². The van der Waals surface area contributed by atoms with Gasteiger partial charge >= 0.3 is 0 Å². The van der Waals surface area contributed by atoms with Gasteiger partial charge in [0, 0.05) is 22.2 Å². The molecule has 0 radical (unpaired) electrons. The van der Waals surface area contributed by atoms with Crippen molar-refractivity contribution in [3.63, 3.8) is 0 Å². The average Bonchev–Trinajstić information content (AvgIpc) is 3.21. The molecule has 0 atom stereocenters. The summed E-state index contributed by atoms with van der Waals surface area (Å²) in [5, 5.41) is 22.1. The average molecular weight is 383 g/mol. The number of rotatable bonds is 4. The molecule has 0 fully saturated rings. The zero-order valence-corrected chi connectivity index (χ0v) is 15.3. The molecule has 130 valence electrons. The lowest BCUT2D eigenvalue weighted by Crippen LogP contribution is -2.26. The summed E-state index contributed by atoms with van der Waals surface area (Å²) >= 11 is 7.46. The molecule has 0 amide bonds. The maximum absolute atomic E-state index is 10.4. The van der Waals surface area contributed by atoms with E-state index in [0.717, 1.165) is 17.0 Å². The molecule has 7 heteroatoms. The Kier molecular flexibility index (Phi) is 4.44. The van der Waals surface area contributed by atoms with E-state index in [0.29, 0.717) is 22.1 Å². The Bertz CT molecular complexity index is 1000. The van der Waals surface area contributed by atoms with Crippen LogP contribution in [0.15, 0.2) is 59.8 Å². The number of hydrogen-bond donors (Lipinski definition) is 2. The fourth-order valence-electron chi connectivity index (χ4n) is 2.85. The van der Waals surface area contributed by atoms with Gasteiger partial charge in [0.2, 0.25) is 0 Å². The van der Waals surface area contributed by atoms with E-state index < -0.39 is 0 Å². The van der Waals surface area contributed by atoms with Crippen LogP contribution >= 0.6 is 22.9 Å². The highest BCUT2D eigenvalue weighted by Crippen LogP contribution is 2.33. The largest absolute Gasteiger partial charge is 0.510 e. The van der Waals surface area contributed by atoms with Crippen LogP contribution in [0.5, 0.6) is 0 Å². The van der Waals surface area contributed by atoms with Crippen molar-refractivity contribution in [3.05, 3.63) is 75.5 Å². The number of pyridine rings is 1. The van der Waals surface area contributed by atoms with Crippen molar-refractivity contribution >= 4 is 34.3 Å². The van der Waals surface area contributed by atoms with Crippen LogP contribution in [0.3, 0.4) is 0 Å². The number of benzene rings is 1. The van der Waals surface area contributed by atoms with Gasteiger partial charge in [0.25, 0.3) is 0 Å². The summed E-state index contributed by atoms with van der Waals surface area (Å²) in [6.07, 6.45) is 1.72. The number of thiazole rings is 1. The zero-order chi connectivity index (χ0) is 18.1. The standard InChI is InChI=1S/C19H15ClN4OS/c20-13-5-3-4-12(8-13)15-11-26-19(23-15)17-16(25)10-24(18(17)21)9-14-6-1-2-7-22-14/h1-8,11,21,25H,9-10H2.